The fourth-order valence-corrected chi connectivity index (χ4v) is 1.75. The standard InChI is InChI=1S/C14H16FNO3/c1-9-6-12(9)14(18)19-8-13(17)16-7-10-2-4-11(15)5-3-10/h2-5,9,12H,6-8H2,1H3,(H,16,17)/t9-,12-/m0/s1. The number of hydrogen-bond donors (Lipinski definition) is 1. The van der Waals surface area contributed by atoms with E-state index in [1.54, 1.807) is 12.1 Å². The van der Waals surface area contributed by atoms with Crippen LogP contribution in [-0.4, -0.2) is 18.5 Å². The minimum Gasteiger partial charge on any atom is -0.455 e. The summed E-state index contributed by atoms with van der Waals surface area (Å²) in [4.78, 5) is 22.8. The molecule has 1 aliphatic carbocycles. The van der Waals surface area contributed by atoms with E-state index >= 15 is 0 Å². The van der Waals surface area contributed by atoms with Gasteiger partial charge < -0.3 is 10.1 Å². The summed E-state index contributed by atoms with van der Waals surface area (Å²) in [5.41, 5.74) is 0.789. The van der Waals surface area contributed by atoms with Crippen LogP contribution in [0.4, 0.5) is 4.39 Å². The smallest absolute Gasteiger partial charge is 0.309 e. The van der Waals surface area contributed by atoms with Crippen molar-refractivity contribution in [2.24, 2.45) is 11.8 Å². The van der Waals surface area contributed by atoms with Gasteiger partial charge in [0.05, 0.1) is 5.92 Å². The Bertz CT molecular complexity index is 472. The van der Waals surface area contributed by atoms with Gasteiger partial charge in [0.25, 0.3) is 5.91 Å². The Labute approximate surface area is 110 Å². The molecular formula is C14H16FNO3. The molecule has 1 aromatic carbocycles. The molecule has 1 N–H and O–H groups in total. The Kier molecular flexibility index (Phi) is 4.14. The second-order valence-electron chi connectivity index (χ2n) is 4.83. The van der Waals surface area contributed by atoms with Gasteiger partial charge in [0.1, 0.15) is 5.82 Å². The van der Waals surface area contributed by atoms with Crippen LogP contribution in [0.3, 0.4) is 0 Å². The Morgan fingerprint density at radius 3 is 2.58 bits per heavy atom. The molecule has 102 valence electrons. The number of ether oxygens (including phenoxy) is 1. The third-order valence-electron chi connectivity index (χ3n) is 3.16. The second kappa shape index (κ2) is 5.82. The average molecular weight is 265 g/mol. The van der Waals surface area contributed by atoms with E-state index in [1.807, 2.05) is 6.92 Å². The molecule has 2 rings (SSSR count). The molecule has 0 spiro atoms. The largest absolute Gasteiger partial charge is 0.455 e. The fraction of sp³-hybridized carbons (Fsp3) is 0.429. The topological polar surface area (TPSA) is 55.4 Å². The van der Waals surface area contributed by atoms with Gasteiger partial charge >= 0.3 is 5.97 Å². The van der Waals surface area contributed by atoms with Crippen molar-refractivity contribution in [3.8, 4) is 0 Å². The van der Waals surface area contributed by atoms with Crippen molar-refractivity contribution in [3.63, 3.8) is 0 Å². The number of amides is 1. The zero-order valence-electron chi connectivity index (χ0n) is 10.7. The van der Waals surface area contributed by atoms with Crippen LogP contribution in [0.5, 0.6) is 0 Å². The lowest BCUT2D eigenvalue weighted by atomic mass is 10.2. The average Bonchev–Trinajstić information content (AvgIpc) is 3.12. The van der Waals surface area contributed by atoms with E-state index in [-0.39, 0.29) is 36.8 Å². The van der Waals surface area contributed by atoms with E-state index in [2.05, 4.69) is 5.32 Å². The van der Waals surface area contributed by atoms with Crippen LogP contribution in [0, 0.1) is 17.7 Å². The molecule has 0 saturated heterocycles. The van der Waals surface area contributed by atoms with E-state index in [1.165, 1.54) is 12.1 Å². The molecular weight excluding hydrogens is 249 g/mol. The van der Waals surface area contributed by atoms with Gasteiger partial charge in [-0.3, -0.25) is 9.59 Å². The molecule has 5 heteroatoms. The summed E-state index contributed by atoms with van der Waals surface area (Å²) in [7, 11) is 0. The van der Waals surface area contributed by atoms with E-state index in [4.69, 9.17) is 4.74 Å². The van der Waals surface area contributed by atoms with Crippen molar-refractivity contribution in [2.45, 2.75) is 19.9 Å². The van der Waals surface area contributed by atoms with Crippen molar-refractivity contribution in [2.75, 3.05) is 6.61 Å². The molecule has 0 radical (unpaired) electrons. The van der Waals surface area contributed by atoms with Crippen LogP contribution in [0.25, 0.3) is 0 Å². The number of nitrogens with one attached hydrogen (secondary N) is 1. The van der Waals surface area contributed by atoms with Crippen LogP contribution >= 0.6 is 0 Å². The lowest BCUT2D eigenvalue weighted by molar-refractivity contribution is -0.150. The predicted octanol–water partition coefficient (Wildman–Crippen LogP) is 1.64. The van der Waals surface area contributed by atoms with E-state index < -0.39 is 0 Å². The van der Waals surface area contributed by atoms with Crippen LogP contribution in [0.1, 0.15) is 18.9 Å². The van der Waals surface area contributed by atoms with E-state index in [0.29, 0.717) is 5.92 Å². The quantitative estimate of drug-likeness (QED) is 0.823. The Balaban J connectivity index is 1.67. The Morgan fingerprint density at radius 1 is 1.37 bits per heavy atom. The van der Waals surface area contributed by atoms with Crippen LogP contribution in [-0.2, 0) is 20.9 Å². The minimum atomic E-state index is -0.356. The number of benzene rings is 1. The zero-order valence-corrected chi connectivity index (χ0v) is 10.7. The first-order valence-corrected chi connectivity index (χ1v) is 6.24. The summed E-state index contributed by atoms with van der Waals surface area (Å²) in [6, 6.07) is 5.84. The summed E-state index contributed by atoms with van der Waals surface area (Å²) in [5, 5.41) is 2.61. The summed E-state index contributed by atoms with van der Waals surface area (Å²) in [6.07, 6.45) is 0.843. The molecule has 0 unspecified atom stereocenters. The number of carbonyl (C=O) groups is 2. The van der Waals surface area contributed by atoms with Gasteiger partial charge in [0, 0.05) is 6.54 Å². The first-order valence-electron chi connectivity index (χ1n) is 6.24. The van der Waals surface area contributed by atoms with Crippen molar-refractivity contribution in [1.29, 1.82) is 0 Å². The molecule has 1 aliphatic rings. The number of hydrogen-bond acceptors (Lipinski definition) is 3. The van der Waals surface area contributed by atoms with Crippen molar-refractivity contribution >= 4 is 11.9 Å². The molecule has 1 aromatic rings. The first-order chi connectivity index (χ1) is 9.06. The monoisotopic (exact) mass is 265 g/mol. The molecule has 1 amide bonds. The maximum absolute atomic E-state index is 12.7. The molecule has 0 bridgehead atoms. The summed E-state index contributed by atoms with van der Waals surface area (Å²) < 4.78 is 17.6. The van der Waals surface area contributed by atoms with Gasteiger partial charge in [0.15, 0.2) is 6.61 Å². The number of esters is 1. The minimum absolute atomic E-state index is 0.0371. The van der Waals surface area contributed by atoms with Crippen molar-refractivity contribution in [1.82, 2.24) is 5.32 Å². The van der Waals surface area contributed by atoms with Gasteiger partial charge in [-0.25, -0.2) is 4.39 Å². The normalized spacial score (nSPS) is 20.7. The lowest BCUT2D eigenvalue weighted by Crippen LogP contribution is -2.28. The Morgan fingerprint density at radius 2 is 2.00 bits per heavy atom. The zero-order chi connectivity index (χ0) is 13.8. The van der Waals surface area contributed by atoms with Crippen LogP contribution in [0.2, 0.25) is 0 Å². The highest BCUT2D eigenvalue weighted by Crippen LogP contribution is 2.38. The number of halogens is 1. The maximum atomic E-state index is 12.7. The predicted molar refractivity (Wildman–Crippen MR) is 66.5 cm³/mol. The van der Waals surface area contributed by atoms with Gasteiger partial charge in [-0.15, -0.1) is 0 Å². The molecule has 1 fully saturated rings. The second-order valence-corrected chi connectivity index (χ2v) is 4.83. The summed E-state index contributed by atoms with van der Waals surface area (Å²) in [6.45, 7) is 2.00. The van der Waals surface area contributed by atoms with Gasteiger partial charge in [-0.1, -0.05) is 19.1 Å². The van der Waals surface area contributed by atoms with Gasteiger partial charge in [0.2, 0.25) is 0 Å². The molecule has 0 aromatic heterocycles. The SMILES string of the molecule is C[C@H]1C[C@@H]1C(=O)OCC(=O)NCc1ccc(F)cc1. The highest BCUT2D eigenvalue weighted by molar-refractivity contribution is 5.82. The summed E-state index contributed by atoms with van der Waals surface area (Å²) >= 11 is 0. The van der Waals surface area contributed by atoms with E-state index in [0.717, 1.165) is 12.0 Å². The third-order valence-corrected chi connectivity index (χ3v) is 3.16. The highest BCUT2D eigenvalue weighted by atomic mass is 19.1. The lowest BCUT2D eigenvalue weighted by Gasteiger charge is -2.06. The highest BCUT2D eigenvalue weighted by Gasteiger charge is 2.40. The number of rotatable bonds is 5. The fourth-order valence-electron chi connectivity index (χ4n) is 1.75. The molecule has 4 nitrogen and oxygen atoms in total. The molecule has 2 atom stereocenters. The molecule has 0 heterocycles. The van der Waals surface area contributed by atoms with Crippen LogP contribution in [0.15, 0.2) is 24.3 Å². The number of carbonyl (C=O) groups excluding carboxylic acids is 2. The first kappa shape index (κ1) is 13.5. The maximum Gasteiger partial charge on any atom is 0.309 e. The molecule has 19 heavy (non-hydrogen) atoms. The van der Waals surface area contributed by atoms with E-state index in [9.17, 15) is 14.0 Å². The summed E-state index contributed by atoms with van der Waals surface area (Å²) in [5.74, 6) is -0.641. The molecule has 1 saturated carbocycles. The van der Waals surface area contributed by atoms with Crippen molar-refractivity contribution < 1.29 is 18.7 Å². The van der Waals surface area contributed by atoms with Gasteiger partial charge in [-0.2, -0.15) is 0 Å². The van der Waals surface area contributed by atoms with Crippen molar-refractivity contribution in [3.05, 3.63) is 35.6 Å². The van der Waals surface area contributed by atoms with Crippen LogP contribution < -0.4 is 5.32 Å². The molecule has 0 aliphatic heterocycles. The third kappa shape index (κ3) is 4.05. The van der Waals surface area contributed by atoms with Gasteiger partial charge in [-0.05, 0) is 30.0 Å². The Hall–Kier alpha value is -1.91.